The van der Waals surface area contributed by atoms with Crippen molar-refractivity contribution in [2.45, 2.75) is 13.8 Å². The van der Waals surface area contributed by atoms with Crippen molar-refractivity contribution in [2.75, 3.05) is 18.5 Å². The number of nitriles is 1. The first kappa shape index (κ1) is 11.9. The van der Waals surface area contributed by atoms with E-state index in [1.54, 1.807) is 19.9 Å². The van der Waals surface area contributed by atoms with Crippen molar-refractivity contribution in [1.29, 1.82) is 5.26 Å². The van der Waals surface area contributed by atoms with Gasteiger partial charge in [-0.3, -0.25) is 4.79 Å². The van der Waals surface area contributed by atoms with Crippen LogP contribution in [0.3, 0.4) is 0 Å². The number of carbonyl (C=O) groups is 1. The Labute approximate surface area is 93.3 Å². The summed E-state index contributed by atoms with van der Waals surface area (Å²) >= 11 is 0. The minimum atomic E-state index is -0.383. The Balaban J connectivity index is 2.64. The second-order valence-corrected chi connectivity index (χ2v) is 2.99. The van der Waals surface area contributed by atoms with Crippen molar-refractivity contribution in [1.82, 2.24) is 9.97 Å². The molecule has 0 atom stereocenters. The molecular weight excluding hydrogens is 208 g/mol. The van der Waals surface area contributed by atoms with E-state index < -0.39 is 0 Å². The highest BCUT2D eigenvalue weighted by Gasteiger charge is 2.04. The van der Waals surface area contributed by atoms with E-state index in [-0.39, 0.29) is 24.2 Å². The van der Waals surface area contributed by atoms with Crippen LogP contribution in [-0.4, -0.2) is 29.1 Å². The lowest BCUT2D eigenvalue weighted by Gasteiger charge is -2.05. The summed E-state index contributed by atoms with van der Waals surface area (Å²) < 4.78 is 4.73. The van der Waals surface area contributed by atoms with E-state index in [2.05, 4.69) is 15.3 Å². The van der Waals surface area contributed by atoms with Gasteiger partial charge in [0.05, 0.1) is 6.61 Å². The molecule has 1 heterocycles. The van der Waals surface area contributed by atoms with Crippen LogP contribution in [0.25, 0.3) is 0 Å². The number of aromatic nitrogens is 2. The predicted molar refractivity (Wildman–Crippen MR) is 56.6 cm³/mol. The molecule has 0 bridgehead atoms. The maximum absolute atomic E-state index is 11.1. The number of rotatable bonds is 4. The van der Waals surface area contributed by atoms with E-state index >= 15 is 0 Å². The second-order valence-electron chi connectivity index (χ2n) is 2.99. The maximum atomic E-state index is 11.1. The van der Waals surface area contributed by atoms with Gasteiger partial charge in [-0.2, -0.15) is 5.26 Å². The molecule has 0 unspecified atom stereocenters. The average Bonchev–Trinajstić information content (AvgIpc) is 2.26. The van der Waals surface area contributed by atoms with Crippen LogP contribution in [-0.2, 0) is 9.53 Å². The van der Waals surface area contributed by atoms with Crippen LogP contribution in [0.4, 0.5) is 5.95 Å². The molecule has 0 saturated heterocycles. The van der Waals surface area contributed by atoms with Crippen molar-refractivity contribution >= 4 is 11.9 Å². The fraction of sp³-hybridized carbons (Fsp3) is 0.400. The van der Waals surface area contributed by atoms with Gasteiger partial charge >= 0.3 is 5.97 Å². The third-order valence-electron chi connectivity index (χ3n) is 1.66. The largest absolute Gasteiger partial charge is 0.465 e. The summed E-state index contributed by atoms with van der Waals surface area (Å²) in [6.45, 7) is 3.80. The summed E-state index contributed by atoms with van der Waals surface area (Å²) in [5.41, 5.74) is 0.928. The van der Waals surface area contributed by atoms with Crippen LogP contribution in [0.15, 0.2) is 6.07 Å². The summed E-state index contributed by atoms with van der Waals surface area (Å²) in [4.78, 5) is 19.0. The lowest BCUT2D eigenvalue weighted by molar-refractivity contribution is -0.140. The molecule has 1 N–H and O–H groups in total. The number of anilines is 1. The molecule has 0 radical (unpaired) electrons. The summed E-state index contributed by atoms with van der Waals surface area (Å²) in [6, 6.07) is 3.48. The Morgan fingerprint density at radius 1 is 1.62 bits per heavy atom. The first-order valence-electron chi connectivity index (χ1n) is 4.81. The molecule has 1 rings (SSSR count). The van der Waals surface area contributed by atoms with Crippen molar-refractivity contribution in [2.24, 2.45) is 0 Å². The first-order chi connectivity index (χ1) is 7.65. The minimum absolute atomic E-state index is 0.0117. The van der Waals surface area contributed by atoms with Gasteiger partial charge in [0.1, 0.15) is 18.3 Å². The first-order valence-corrected chi connectivity index (χ1v) is 4.81. The molecule has 0 aliphatic rings. The Hall–Kier alpha value is -2.16. The van der Waals surface area contributed by atoms with E-state index in [9.17, 15) is 4.79 Å². The average molecular weight is 220 g/mol. The number of esters is 1. The van der Waals surface area contributed by atoms with Gasteiger partial charge < -0.3 is 10.1 Å². The fourth-order valence-corrected chi connectivity index (χ4v) is 1.07. The molecule has 84 valence electrons. The standard InChI is InChI=1S/C10H12N4O2/c1-3-16-9(15)6-12-10-13-7(2)4-8(5-11)14-10/h4H,3,6H2,1-2H3,(H,12,13,14). The molecular formula is C10H12N4O2. The second kappa shape index (κ2) is 5.66. The molecule has 6 heteroatoms. The molecule has 0 fully saturated rings. The van der Waals surface area contributed by atoms with Crippen molar-refractivity contribution < 1.29 is 9.53 Å². The van der Waals surface area contributed by atoms with Crippen molar-refractivity contribution in [3.63, 3.8) is 0 Å². The molecule has 1 aromatic rings. The van der Waals surface area contributed by atoms with E-state index in [1.807, 2.05) is 6.07 Å². The van der Waals surface area contributed by atoms with Crippen LogP contribution >= 0.6 is 0 Å². The van der Waals surface area contributed by atoms with Gasteiger partial charge in [-0.15, -0.1) is 0 Å². The van der Waals surface area contributed by atoms with Crippen LogP contribution < -0.4 is 5.32 Å². The molecule has 0 amide bonds. The van der Waals surface area contributed by atoms with Crippen molar-refractivity contribution in [3.8, 4) is 6.07 Å². The minimum Gasteiger partial charge on any atom is -0.465 e. The smallest absolute Gasteiger partial charge is 0.325 e. The van der Waals surface area contributed by atoms with Gasteiger partial charge in [0.15, 0.2) is 0 Å². The van der Waals surface area contributed by atoms with Gasteiger partial charge in [-0.1, -0.05) is 0 Å². The van der Waals surface area contributed by atoms with Crippen molar-refractivity contribution in [3.05, 3.63) is 17.5 Å². The lowest BCUT2D eigenvalue weighted by atomic mass is 10.3. The third-order valence-corrected chi connectivity index (χ3v) is 1.66. The van der Waals surface area contributed by atoms with E-state index in [0.717, 1.165) is 0 Å². The normalized spacial score (nSPS) is 9.31. The number of aryl methyl sites for hydroxylation is 1. The Morgan fingerprint density at radius 2 is 2.38 bits per heavy atom. The van der Waals surface area contributed by atoms with E-state index in [4.69, 9.17) is 10.00 Å². The molecule has 0 aliphatic carbocycles. The number of ether oxygens (including phenoxy) is 1. The lowest BCUT2D eigenvalue weighted by Crippen LogP contribution is -2.18. The zero-order valence-corrected chi connectivity index (χ0v) is 9.15. The molecule has 0 aliphatic heterocycles. The number of nitrogens with one attached hydrogen (secondary N) is 1. The predicted octanol–water partition coefficient (Wildman–Crippen LogP) is 0.632. The number of nitrogens with zero attached hydrogens (tertiary/aromatic N) is 3. The molecule has 16 heavy (non-hydrogen) atoms. The summed E-state index contributed by atoms with van der Waals surface area (Å²) in [5, 5.41) is 11.4. The van der Waals surface area contributed by atoms with Crippen LogP contribution in [0.1, 0.15) is 18.3 Å². The zero-order valence-electron chi connectivity index (χ0n) is 9.15. The van der Waals surface area contributed by atoms with Crippen LogP contribution in [0.2, 0.25) is 0 Å². The van der Waals surface area contributed by atoms with Gasteiger partial charge in [-0.05, 0) is 19.9 Å². The summed E-state index contributed by atoms with van der Waals surface area (Å²) in [7, 11) is 0. The van der Waals surface area contributed by atoms with Gasteiger partial charge in [0.2, 0.25) is 5.95 Å². The highest BCUT2D eigenvalue weighted by molar-refractivity contribution is 5.74. The monoisotopic (exact) mass is 220 g/mol. The van der Waals surface area contributed by atoms with Gasteiger partial charge in [-0.25, -0.2) is 9.97 Å². The van der Waals surface area contributed by atoms with E-state index in [0.29, 0.717) is 12.3 Å². The Morgan fingerprint density at radius 3 is 3.00 bits per heavy atom. The Kier molecular flexibility index (Phi) is 4.21. The molecule has 0 aromatic carbocycles. The zero-order chi connectivity index (χ0) is 12.0. The highest BCUT2D eigenvalue weighted by atomic mass is 16.5. The number of hydrogen-bond donors (Lipinski definition) is 1. The molecule has 1 aromatic heterocycles. The van der Waals surface area contributed by atoms with Gasteiger partial charge in [0.25, 0.3) is 0 Å². The van der Waals surface area contributed by atoms with Crippen LogP contribution in [0.5, 0.6) is 0 Å². The summed E-state index contributed by atoms with van der Waals surface area (Å²) in [5.74, 6) is -0.129. The number of hydrogen-bond acceptors (Lipinski definition) is 6. The highest BCUT2D eigenvalue weighted by Crippen LogP contribution is 2.03. The quantitative estimate of drug-likeness (QED) is 0.749. The van der Waals surface area contributed by atoms with Crippen LogP contribution in [0, 0.1) is 18.3 Å². The molecule has 6 nitrogen and oxygen atoms in total. The topological polar surface area (TPSA) is 87.9 Å². The fourth-order valence-electron chi connectivity index (χ4n) is 1.07. The summed E-state index contributed by atoms with van der Waals surface area (Å²) in [6.07, 6.45) is 0. The maximum Gasteiger partial charge on any atom is 0.325 e. The third kappa shape index (κ3) is 3.53. The van der Waals surface area contributed by atoms with E-state index in [1.165, 1.54) is 0 Å². The number of carbonyl (C=O) groups excluding carboxylic acids is 1. The Bertz CT molecular complexity index is 425. The van der Waals surface area contributed by atoms with Gasteiger partial charge in [0, 0.05) is 5.69 Å². The molecule has 0 spiro atoms. The SMILES string of the molecule is CCOC(=O)CNc1nc(C)cc(C#N)n1. The molecule has 0 saturated carbocycles.